The summed E-state index contributed by atoms with van der Waals surface area (Å²) in [4.78, 5) is 41.2. The van der Waals surface area contributed by atoms with Gasteiger partial charge in [-0.15, -0.1) is 0 Å². The summed E-state index contributed by atoms with van der Waals surface area (Å²) in [5.41, 5.74) is 0.267. The summed E-state index contributed by atoms with van der Waals surface area (Å²) in [6, 6.07) is 8.18. The zero-order valence-corrected chi connectivity index (χ0v) is 23.3. The van der Waals surface area contributed by atoms with E-state index in [-0.39, 0.29) is 27.4 Å². The number of rotatable bonds is 7. The van der Waals surface area contributed by atoms with Crippen molar-refractivity contribution in [3.05, 3.63) is 71.1 Å². The first-order chi connectivity index (χ1) is 17.7. The Morgan fingerprint density at radius 2 is 1.97 bits per heavy atom. The number of hydrogen-bond acceptors (Lipinski definition) is 8. The van der Waals surface area contributed by atoms with E-state index in [0.717, 1.165) is 36.6 Å². The number of benzene rings is 2. The van der Waals surface area contributed by atoms with Gasteiger partial charge in [0.15, 0.2) is 6.10 Å². The van der Waals surface area contributed by atoms with Crippen molar-refractivity contribution in [2.75, 3.05) is 7.11 Å². The standard InChI is InChI=1S/C25H24Br2N4O6/c1-14(25(33)36-2)37-22-19(27)10-15(11-21(22)31(34)35)13-28-30-23(16-6-4-3-5-7-16)29-20-9-8-17(26)12-18(20)24(30)32/h8-14,16H,3-7H2,1-2H3/t14-/m1/s1. The second kappa shape index (κ2) is 11.5. The highest BCUT2D eigenvalue weighted by molar-refractivity contribution is 9.10. The van der Waals surface area contributed by atoms with Gasteiger partial charge in [0.2, 0.25) is 5.75 Å². The first-order valence-electron chi connectivity index (χ1n) is 11.7. The minimum atomic E-state index is -1.06. The topological polar surface area (TPSA) is 126 Å². The van der Waals surface area contributed by atoms with Crippen LogP contribution in [0.2, 0.25) is 0 Å². The Hall–Kier alpha value is -3.12. The minimum Gasteiger partial charge on any atom is -0.471 e. The van der Waals surface area contributed by atoms with E-state index in [1.165, 1.54) is 31.0 Å². The molecule has 2 aromatic carbocycles. The van der Waals surface area contributed by atoms with E-state index in [2.05, 4.69) is 41.7 Å². The maximum Gasteiger partial charge on any atom is 0.346 e. The van der Waals surface area contributed by atoms with Gasteiger partial charge in [0.25, 0.3) is 5.56 Å². The molecule has 0 saturated heterocycles. The van der Waals surface area contributed by atoms with E-state index in [4.69, 9.17) is 9.72 Å². The van der Waals surface area contributed by atoms with Crippen LogP contribution in [0, 0.1) is 10.1 Å². The van der Waals surface area contributed by atoms with Crippen LogP contribution in [0.5, 0.6) is 5.75 Å². The van der Waals surface area contributed by atoms with Gasteiger partial charge >= 0.3 is 11.7 Å². The highest BCUT2D eigenvalue weighted by Crippen LogP contribution is 2.37. The molecule has 1 aromatic heterocycles. The van der Waals surface area contributed by atoms with Crippen molar-refractivity contribution in [2.24, 2.45) is 5.10 Å². The molecule has 1 atom stereocenters. The quantitative estimate of drug-likeness (QED) is 0.141. The molecule has 0 radical (unpaired) electrons. The Labute approximate surface area is 229 Å². The zero-order valence-electron chi connectivity index (χ0n) is 20.1. The van der Waals surface area contributed by atoms with E-state index >= 15 is 0 Å². The van der Waals surface area contributed by atoms with E-state index < -0.39 is 17.0 Å². The number of nitrogens with zero attached hydrogens (tertiary/aromatic N) is 4. The molecule has 0 bridgehead atoms. The van der Waals surface area contributed by atoms with Crippen molar-refractivity contribution < 1.29 is 19.2 Å². The monoisotopic (exact) mass is 634 g/mol. The summed E-state index contributed by atoms with van der Waals surface area (Å²) >= 11 is 6.70. The number of carbonyl (C=O) groups excluding carboxylic acids is 1. The summed E-state index contributed by atoms with van der Waals surface area (Å²) in [6.45, 7) is 1.43. The van der Waals surface area contributed by atoms with Crippen LogP contribution in [0.15, 0.2) is 49.2 Å². The average Bonchev–Trinajstić information content (AvgIpc) is 2.89. The Bertz CT molecular complexity index is 1450. The van der Waals surface area contributed by atoms with E-state index in [0.29, 0.717) is 22.3 Å². The first-order valence-corrected chi connectivity index (χ1v) is 13.3. The summed E-state index contributed by atoms with van der Waals surface area (Å²) in [5, 5.41) is 16.7. The number of aromatic nitrogens is 2. The van der Waals surface area contributed by atoms with Crippen LogP contribution in [-0.4, -0.2) is 40.0 Å². The van der Waals surface area contributed by atoms with Crippen molar-refractivity contribution in [2.45, 2.75) is 51.0 Å². The van der Waals surface area contributed by atoms with Crippen molar-refractivity contribution in [1.29, 1.82) is 0 Å². The molecule has 1 aliphatic carbocycles. The smallest absolute Gasteiger partial charge is 0.346 e. The zero-order chi connectivity index (χ0) is 26.7. The third kappa shape index (κ3) is 5.90. The van der Waals surface area contributed by atoms with Gasteiger partial charge in [-0.2, -0.15) is 9.78 Å². The number of hydrogen-bond donors (Lipinski definition) is 0. The molecule has 0 N–H and O–H groups in total. The molecule has 194 valence electrons. The first kappa shape index (κ1) is 26.9. The van der Waals surface area contributed by atoms with Gasteiger partial charge in [0, 0.05) is 22.0 Å². The molecule has 12 heteroatoms. The summed E-state index contributed by atoms with van der Waals surface area (Å²) in [5.74, 6) is -0.117. The highest BCUT2D eigenvalue weighted by atomic mass is 79.9. The highest BCUT2D eigenvalue weighted by Gasteiger charge is 2.26. The van der Waals surface area contributed by atoms with Crippen LogP contribution < -0.4 is 10.3 Å². The Morgan fingerprint density at radius 3 is 2.65 bits per heavy atom. The fourth-order valence-corrected chi connectivity index (χ4v) is 5.27. The maximum absolute atomic E-state index is 13.5. The summed E-state index contributed by atoms with van der Waals surface area (Å²) in [6.07, 6.45) is 5.38. The van der Waals surface area contributed by atoms with Gasteiger partial charge in [-0.05, 0) is 60.0 Å². The molecule has 1 saturated carbocycles. The Kier molecular flexibility index (Phi) is 8.38. The number of halogens is 2. The number of ether oxygens (including phenoxy) is 2. The number of nitro groups is 1. The average molecular weight is 636 g/mol. The lowest BCUT2D eigenvalue weighted by Crippen LogP contribution is -2.25. The Morgan fingerprint density at radius 1 is 1.24 bits per heavy atom. The van der Waals surface area contributed by atoms with E-state index in [9.17, 15) is 19.7 Å². The molecule has 0 amide bonds. The number of fused-ring (bicyclic) bond motifs is 1. The molecule has 0 unspecified atom stereocenters. The molecule has 1 aliphatic rings. The molecule has 1 heterocycles. The molecule has 3 aromatic rings. The number of nitro benzene ring substituents is 1. The van der Waals surface area contributed by atoms with Crippen LogP contribution >= 0.6 is 31.9 Å². The second-order valence-electron chi connectivity index (χ2n) is 8.72. The van der Waals surface area contributed by atoms with Crippen molar-refractivity contribution in [3.63, 3.8) is 0 Å². The lowest BCUT2D eigenvalue weighted by molar-refractivity contribution is -0.386. The molecule has 10 nitrogen and oxygen atoms in total. The summed E-state index contributed by atoms with van der Waals surface area (Å²) < 4.78 is 12.4. The van der Waals surface area contributed by atoms with Gasteiger partial charge in [-0.25, -0.2) is 9.78 Å². The van der Waals surface area contributed by atoms with E-state index in [1.54, 1.807) is 18.2 Å². The number of carbonyl (C=O) groups is 1. The van der Waals surface area contributed by atoms with E-state index in [1.807, 2.05) is 6.07 Å². The molecular weight excluding hydrogens is 612 g/mol. The molecule has 0 spiro atoms. The van der Waals surface area contributed by atoms with Crippen molar-refractivity contribution >= 4 is 60.6 Å². The van der Waals surface area contributed by atoms with Gasteiger partial charge in [-0.3, -0.25) is 14.9 Å². The normalized spacial score (nSPS) is 15.1. The molecular formula is C25H24Br2N4O6. The third-order valence-electron chi connectivity index (χ3n) is 6.20. The minimum absolute atomic E-state index is 0.0864. The van der Waals surface area contributed by atoms with Gasteiger partial charge in [0.1, 0.15) is 5.82 Å². The predicted octanol–water partition coefficient (Wildman–Crippen LogP) is 5.70. The van der Waals surface area contributed by atoms with Crippen LogP contribution in [0.1, 0.15) is 56.3 Å². The van der Waals surface area contributed by atoms with Crippen LogP contribution in [-0.2, 0) is 9.53 Å². The van der Waals surface area contributed by atoms with Gasteiger partial charge in [-0.1, -0.05) is 35.2 Å². The SMILES string of the molecule is COC(=O)[C@@H](C)Oc1c(Br)cc(C=Nn2c(C3CCCCC3)nc3ccc(Br)cc3c2=O)cc1[N+](=O)[O-]. The van der Waals surface area contributed by atoms with Gasteiger partial charge < -0.3 is 9.47 Å². The molecule has 0 aliphatic heterocycles. The second-order valence-corrected chi connectivity index (χ2v) is 10.5. The van der Waals surface area contributed by atoms with Crippen molar-refractivity contribution in [3.8, 4) is 5.75 Å². The van der Waals surface area contributed by atoms with Crippen LogP contribution in [0.4, 0.5) is 5.69 Å². The fourth-order valence-electron chi connectivity index (χ4n) is 4.34. The lowest BCUT2D eigenvalue weighted by Gasteiger charge is -2.22. The number of methoxy groups -OCH3 is 1. The molecule has 1 fully saturated rings. The fraction of sp³-hybridized carbons (Fsp3) is 0.360. The molecule has 4 rings (SSSR count). The predicted molar refractivity (Wildman–Crippen MR) is 145 cm³/mol. The van der Waals surface area contributed by atoms with Crippen molar-refractivity contribution in [1.82, 2.24) is 9.66 Å². The Balaban J connectivity index is 1.79. The number of esters is 1. The van der Waals surface area contributed by atoms with Crippen LogP contribution in [0.3, 0.4) is 0 Å². The third-order valence-corrected chi connectivity index (χ3v) is 7.28. The summed E-state index contributed by atoms with van der Waals surface area (Å²) in [7, 11) is 1.20. The van der Waals surface area contributed by atoms with Gasteiger partial charge in [0.05, 0.1) is 33.6 Å². The lowest BCUT2D eigenvalue weighted by atomic mass is 9.88. The maximum atomic E-state index is 13.5. The largest absolute Gasteiger partial charge is 0.471 e. The van der Waals surface area contributed by atoms with Crippen LogP contribution in [0.25, 0.3) is 10.9 Å². The molecule has 37 heavy (non-hydrogen) atoms.